The van der Waals surface area contributed by atoms with Crippen molar-refractivity contribution < 1.29 is 14.6 Å². The molecule has 0 bridgehead atoms. The van der Waals surface area contributed by atoms with Crippen molar-refractivity contribution >= 4 is 40.9 Å². The lowest BCUT2D eigenvalue weighted by atomic mass is 10.2. The molecule has 29 heavy (non-hydrogen) atoms. The second kappa shape index (κ2) is 9.48. The van der Waals surface area contributed by atoms with E-state index in [0.717, 1.165) is 41.7 Å². The average Bonchev–Trinajstić information content (AvgIpc) is 3.29. The molecule has 6 nitrogen and oxygen atoms in total. The lowest BCUT2D eigenvalue weighted by Crippen LogP contribution is -2.35. The maximum atomic E-state index is 10.8. The molecular weight excluding hydrogens is 413 g/mol. The summed E-state index contributed by atoms with van der Waals surface area (Å²) in [6.45, 7) is 2.07. The van der Waals surface area contributed by atoms with Crippen molar-refractivity contribution in [2.24, 2.45) is 0 Å². The molecule has 1 saturated heterocycles. The maximum absolute atomic E-state index is 10.8. The number of hydrogen-bond donors (Lipinski definition) is 1. The first kappa shape index (κ1) is 21.4. The number of hydrogen-bond acceptors (Lipinski definition) is 4. The third-order valence-electron chi connectivity index (χ3n) is 5.16. The van der Waals surface area contributed by atoms with E-state index >= 15 is 0 Å². The Morgan fingerprint density at radius 2 is 1.97 bits per heavy atom. The minimum atomic E-state index is -0.757. The summed E-state index contributed by atoms with van der Waals surface area (Å²) in [6, 6.07) is 15.7. The van der Waals surface area contributed by atoms with E-state index in [-0.39, 0.29) is 24.9 Å². The van der Waals surface area contributed by atoms with Gasteiger partial charge in [-0.3, -0.25) is 9.69 Å². The molecule has 3 aromatic rings. The van der Waals surface area contributed by atoms with Gasteiger partial charge in [-0.05, 0) is 55.8 Å². The van der Waals surface area contributed by atoms with Gasteiger partial charge in [0.1, 0.15) is 17.5 Å². The second-order valence-corrected chi connectivity index (χ2v) is 7.36. The molecule has 4 rings (SSSR count). The number of benzene rings is 2. The molecule has 1 aliphatic rings. The number of halogens is 2. The lowest BCUT2D eigenvalue weighted by Gasteiger charge is -2.23. The number of carboxylic acid groups (broad SMARTS) is 1. The highest BCUT2D eigenvalue weighted by Gasteiger charge is 2.25. The van der Waals surface area contributed by atoms with Crippen molar-refractivity contribution in [3.63, 3.8) is 0 Å². The van der Waals surface area contributed by atoms with Gasteiger partial charge in [-0.2, -0.15) is 5.10 Å². The van der Waals surface area contributed by atoms with Gasteiger partial charge in [0.25, 0.3) is 0 Å². The Balaban J connectivity index is 0.00000240. The third-order valence-corrected chi connectivity index (χ3v) is 5.52. The van der Waals surface area contributed by atoms with E-state index in [4.69, 9.17) is 21.4 Å². The van der Waals surface area contributed by atoms with Crippen LogP contribution in [0, 0.1) is 0 Å². The predicted octanol–water partition coefficient (Wildman–Crippen LogP) is 4.42. The molecule has 2 heterocycles. The van der Waals surface area contributed by atoms with Crippen LogP contribution in [-0.2, 0) is 4.79 Å². The van der Waals surface area contributed by atoms with Crippen LogP contribution in [0.4, 0.5) is 0 Å². The van der Waals surface area contributed by atoms with Crippen LogP contribution in [0.25, 0.3) is 16.6 Å². The molecule has 1 N–H and O–H groups in total. The molecule has 0 unspecified atom stereocenters. The SMILES string of the molecule is Cl.O=C(O)CCN1CCC[C@@H]1COc1ccc(-n2nc3ccccc3c2Cl)cc1. The summed E-state index contributed by atoms with van der Waals surface area (Å²) in [7, 11) is 0. The van der Waals surface area contributed by atoms with Crippen LogP contribution >= 0.6 is 24.0 Å². The number of ether oxygens (including phenoxy) is 1. The van der Waals surface area contributed by atoms with Crippen molar-refractivity contribution in [2.75, 3.05) is 19.7 Å². The van der Waals surface area contributed by atoms with E-state index in [9.17, 15) is 4.79 Å². The topological polar surface area (TPSA) is 67.6 Å². The van der Waals surface area contributed by atoms with Gasteiger partial charge < -0.3 is 9.84 Å². The Morgan fingerprint density at radius 3 is 2.69 bits per heavy atom. The zero-order valence-corrected chi connectivity index (χ0v) is 17.4. The minimum absolute atomic E-state index is 0. The minimum Gasteiger partial charge on any atom is -0.492 e. The molecule has 0 spiro atoms. The number of aromatic nitrogens is 2. The molecule has 2 aromatic carbocycles. The Labute approximate surface area is 180 Å². The average molecular weight is 436 g/mol. The highest BCUT2D eigenvalue weighted by Crippen LogP contribution is 2.27. The van der Waals surface area contributed by atoms with Gasteiger partial charge in [-0.25, -0.2) is 4.68 Å². The molecule has 1 atom stereocenters. The molecule has 8 heteroatoms. The summed E-state index contributed by atoms with van der Waals surface area (Å²) in [4.78, 5) is 13.0. The van der Waals surface area contributed by atoms with Gasteiger partial charge in [-0.15, -0.1) is 12.4 Å². The molecule has 1 aromatic heterocycles. The highest BCUT2D eigenvalue weighted by molar-refractivity contribution is 6.34. The number of fused-ring (bicyclic) bond motifs is 1. The van der Waals surface area contributed by atoms with E-state index in [1.165, 1.54) is 0 Å². The second-order valence-electron chi connectivity index (χ2n) is 7.00. The van der Waals surface area contributed by atoms with Gasteiger partial charge in [-0.1, -0.05) is 23.7 Å². The van der Waals surface area contributed by atoms with Gasteiger partial charge in [0.2, 0.25) is 0 Å². The number of likely N-dealkylation sites (tertiary alicyclic amines) is 1. The van der Waals surface area contributed by atoms with E-state index in [1.807, 2.05) is 48.5 Å². The Morgan fingerprint density at radius 1 is 1.21 bits per heavy atom. The van der Waals surface area contributed by atoms with Crippen LogP contribution in [-0.4, -0.2) is 51.5 Å². The Hall–Kier alpha value is -2.28. The van der Waals surface area contributed by atoms with E-state index in [0.29, 0.717) is 18.3 Å². The molecule has 154 valence electrons. The summed E-state index contributed by atoms with van der Waals surface area (Å²) >= 11 is 6.47. The van der Waals surface area contributed by atoms with Gasteiger partial charge in [0.15, 0.2) is 0 Å². The van der Waals surface area contributed by atoms with Crippen LogP contribution < -0.4 is 4.74 Å². The van der Waals surface area contributed by atoms with Crippen LogP contribution in [0.2, 0.25) is 5.15 Å². The first-order valence-electron chi connectivity index (χ1n) is 9.44. The fourth-order valence-corrected chi connectivity index (χ4v) is 3.96. The standard InChI is InChI=1S/C21H22ClN3O3.ClH/c22-21-18-5-1-2-6-19(18)23-25(21)15-7-9-17(10-8-15)28-14-16-4-3-12-24(16)13-11-20(26)27;/h1-2,5-10,16H,3-4,11-14H2,(H,26,27);1H/t16-;/m1./s1. The van der Waals surface area contributed by atoms with Crippen LogP contribution in [0.1, 0.15) is 19.3 Å². The number of rotatable bonds is 7. The van der Waals surface area contributed by atoms with Crippen molar-refractivity contribution in [1.29, 1.82) is 0 Å². The molecule has 1 fully saturated rings. The number of carboxylic acids is 1. The lowest BCUT2D eigenvalue weighted by molar-refractivity contribution is -0.137. The molecular formula is C21H23Cl2N3O3. The quantitative estimate of drug-likeness (QED) is 0.594. The fraction of sp³-hybridized carbons (Fsp3) is 0.333. The zero-order chi connectivity index (χ0) is 19.5. The third kappa shape index (κ3) is 4.83. The summed E-state index contributed by atoms with van der Waals surface area (Å²) in [5.41, 5.74) is 1.73. The first-order valence-corrected chi connectivity index (χ1v) is 9.82. The fourth-order valence-electron chi connectivity index (χ4n) is 3.67. The Bertz CT molecular complexity index is 975. The molecule has 0 aliphatic carbocycles. The summed E-state index contributed by atoms with van der Waals surface area (Å²) < 4.78 is 7.68. The van der Waals surface area contributed by atoms with Crippen molar-refractivity contribution in [3.05, 3.63) is 53.7 Å². The predicted molar refractivity (Wildman–Crippen MR) is 116 cm³/mol. The highest BCUT2D eigenvalue weighted by atomic mass is 35.5. The first-order chi connectivity index (χ1) is 13.6. The number of aliphatic carboxylic acids is 1. The number of carbonyl (C=O) groups is 1. The normalized spacial score (nSPS) is 16.7. The van der Waals surface area contributed by atoms with Gasteiger partial charge in [0.05, 0.1) is 17.6 Å². The summed E-state index contributed by atoms with van der Waals surface area (Å²) in [6.07, 6.45) is 2.29. The van der Waals surface area contributed by atoms with Crippen LogP contribution in [0.5, 0.6) is 5.75 Å². The molecule has 1 aliphatic heterocycles. The maximum Gasteiger partial charge on any atom is 0.304 e. The van der Waals surface area contributed by atoms with E-state index in [2.05, 4.69) is 10.00 Å². The van der Waals surface area contributed by atoms with Crippen LogP contribution in [0.15, 0.2) is 48.5 Å². The zero-order valence-electron chi connectivity index (χ0n) is 15.8. The van der Waals surface area contributed by atoms with E-state index < -0.39 is 5.97 Å². The smallest absolute Gasteiger partial charge is 0.304 e. The van der Waals surface area contributed by atoms with Crippen molar-refractivity contribution in [1.82, 2.24) is 14.7 Å². The molecule has 0 radical (unpaired) electrons. The van der Waals surface area contributed by atoms with Crippen molar-refractivity contribution in [3.8, 4) is 11.4 Å². The van der Waals surface area contributed by atoms with Crippen molar-refractivity contribution in [2.45, 2.75) is 25.3 Å². The summed E-state index contributed by atoms with van der Waals surface area (Å²) in [5.74, 6) is 0.0220. The Kier molecular flexibility index (Phi) is 7.00. The molecule has 0 saturated carbocycles. The number of nitrogens with zero attached hydrogens (tertiary/aromatic N) is 3. The summed E-state index contributed by atoms with van der Waals surface area (Å²) in [5, 5.41) is 14.9. The van der Waals surface area contributed by atoms with Crippen LogP contribution in [0.3, 0.4) is 0 Å². The monoisotopic (exact) mass is 435 g/mol. The largest absolute Gasteiger partial charge is 0.492 e. The van der Waals surface area contributed by atoms with Gasteiger partial charge >= 0.3 is 5.97 Å². The van der Waals surface area contributed by atoms with Gasteiger partial charge in [0, 0.05) is 18.0 Å². The molecule has 0 amide bonds. The van der Waals surface area contributed by atoms with E-state index in [1.54, 1.807) is 4.68 Å².